The smallest absolute Gasteiger partial charge is 0.335 e. The Hall–Kier alpha value is -4.12. The Morgan fingerprint density at radius 2 is 1.27 bits per heavy atom. The van der Waals surface area contributed by atoms with E-state index in [0.717, 1.165) is 25.7 Å². The highest BCUT2D eigenvalue weighted by molar-refractivity contribution is 5.87. The fourth-order valence-electron chi connectivity index (χ4n) is 4.00. The number of ether oxygens (including phenoxy) is 5. The van der Waals surface area contributed by atoms with Crippen LogP contribution in [0.3, 0.4) is 0 Å². The third kappa shape index (κ3) is 23.2. The summed E-state index contributed by atoms with van der Waals surface area (Å²) < 4.78 is 26.3. The summed E-state index contributed by atoms with van der Waals surface area (Å²) in [6.07, 6.45) is 4.67. The normalized spacial score (nSPS) is 11.3. The molecule has 0 fully saturated rings. The molecule has 16 nitrogen and oxygen atoms in total. The molecule has 0 aliphatic heterocycles. The Bertz CT molecular complexity index is 1090. The van der Waals surface area contributed by atoms with Gasteiger partial charge in [-0.15, -0.1) is 0 Å². The predicted molar refractivity (Wildman–Crippen MR) is 171 cm³/mol. The fourth-order valence-corrected chi connectivity index (χ4v) is 4.00. The van der Waals surface area contributed by atoms with Gasteiger partial charge in [-0.25, -0.2) is 9.59 Å². The molecule has 0 spiro atoms. The van der Waals surface area contributed by atoms with Crippen LogP contribution in [-0.4, -0.2) is 125 Å². The van der Waals surface area contributed by atoms with Crippen LogP contribution in [0.15, 0.2) is 24.3 Å². The van der Waals surface area contributed by atoms with Crippen LogP contribution in [0.4, 0.5) is 0 Å². The fraction of sp³-hybridized carbons (Fsp3) is 0.625. The first-order valence-corrected chi connectivity index (χ1v) is 16.0. The van der Waals surface area contributed by atoms with E-state index in [1.165, 1.54) is 12.1 Å². The summed E-state index contributed by atoms with van der Waals surface area (Å²) in [5.74, 6) is -2.66. The standard InChI is InChI=1S/C32H49N3O13/c36-15-19-46-21-20-44-18-14-34-30(39)24-47-23-22-45-17-13-33-28(37)12-11-27(32(42)43)35-29(38)6-4-2-1-3-5-16-48-26-9-7-25(8-10-26)31(40)41/h7-10,15,27H,1-6,11-14,16-24H2,(H,33,37)(H,34,39)(H,35,38)(H,40,41)(H,42,43)/t27-/m0/s1. The molecule has 1 aromatic carbocycles. The van der Waals surface area contributed by atoms with Crippen LogP contribution >= 0.6 is 0 Å². The molecule has 0 saturated heterocycles. The zero-order chi connectivity index (χ0) is 35.2. The maximum Gasteiger partial charge on any atom is 0.335 e. The summed E-state index contributed by atoms with van der Waals surface area (Å²) in [5.41, 5.74) is 0.196. The number of benzene rings is 1. The summed E-state index contributed by atoms with van der Waals surface area (Å²) in [6.45, 7) is 2.38. The molecule has 0 saturated carbocycles. The number of aliphatic carboxylic acids is 1. The van der Waals surface area contributed by atoms with E-state index in [0.29, 0.717) is 51.4 Å². The van der Waals surface area contributed by atoms with Crippen molar-refractivity contribution < 1.29 is 62.7 Å². The third-order valence-electron chi connectivity index (χ3n) is 6.51. The summed E-state index contributed by atoms with van der Waals surface area (Å²) in [7, 11) is 0. The van der Waals surface area contributed by atoms with Gasteiger partial charge in [0.15, 0.2) is 0 Å². The van der Waals surface area contributed by atoms with Crippen molar-refractivity contribution in [1.29, 1.82) is 0 Å². The number of carboxylic acids is 2. The Morgan fingerprint density at radius 3 is 1.92 bits per heavy atom. The molecular formula is C32H49N3O13. The predicted octanol–water partition coefficient (Wildman–Crippen LogP) is 0.952. The van der Waals surface area contributed by atoms with Gasteiger partial charge >= 0.3 is 11.9 Å². The number of hydrogen-bond donors (Lipinski definition) is 5. The Balaban J connectivity index is 2.00. The van der Waals surface area contributed by atoms with Gasteiger partial charge in [0.25, 0.3) is 0 Å². The number of rotatable bonds is 31. The van der Waals surface area contributed by atoms with E-state index in [2.05, 4.69) is 16.0 Å². The molecule has 5 N–H and O–H groups in total. The molecule has 1 atom stereocenters. The van der Waals surface area contributed by atoms with Crippen molar-refractivity contribution in [1.82, 2.24) is 16.0 Å². The highest BCUT2D eigenvalue weighted by Crippen LogP contribution is 2.13. The van der Waals surface area contributed by atoms with Gasteiger partial charge in [0.05, 0.1) is 51.8 Å². The lowest BCUT2D eigenvalue weighted by molar-refractivity contribution is -0.142. The molecule has 48 heavy (non-hydrogen) atoms. The molecule has 0 aliphatic rings. The van der Waals surface area contributed by atoms with Crippen LogP contribution in [0.2, 0.25) is 0 Å². The molecule has 0 aromatic heterocycles. The van der Waals surface area contributed by atoms with Crippen molar-refractivity contribution in [3.8, 4) is 5.75 Å². The zero-order valence-corrected chi connectivity index (χ0v) is 27.3. The van der Waals surface area contributed by atoms with Crippen molar-refractivity contribution in [3.05, 3.63) is 29.8 Å². The van der Waals surface area contributed by atoms with Crippen LogP contribution in [0, 0.1) is 0 Å². The maximum absolute atomic E-state index is 12.2. The summed E-state index contributed by atoms with van der Waals surface area (Å²) in [6, 6.07) is 5.03. The van der Waals surface area contributed by atoms with Crippen molar-refractivity contribution in [2.45, 2.75) is 57.4 Å². The number of amides is 3. The number of carbonyl (C=O) groups excluding carboxylic acids is 4. The maximum atomic E-state index is 12.2. The molecular weight excluding hydrogens is 634 g/mol. The first-order chi connectivity index (χ1) is 23.2. The van der Waals surface area contributed by atoms with E-state index >= 15 is 0 Å². The van der Waals surface area contributed by atoms with Gasteiger partial charge in [-0.05, 0) is 43.5 Å². The molecule has 16 heteroatoms. The minimum atomic E-state index is -1.21. The largest absolute Gasteiger partial charge is 0.494 e. The van der Waals surface area contributed by atoms with Crippen LogP contribution in [0.1, 0.15) is 61.7 Å². The third-order valence-corrected chi connectivity index (χ3v) is 6.51. The van der Waals surface area contributed by atoms with Crippen molar-refractivity contribution >= 4 is 35.9 Å². The van der Waals surface area contributed by atoms with E-state index in [-0.39, 0.29) is 82.1 Å². The summed E-state index contributed by atoms with van der Waals surface area (Å²) in [5, 5.41) is 26.1. The monoisotopic (exact) mass is 683 g/mol. The molecule has 0 heterocycles. The van der Waals surface area contributed by atoms with Gasteiger partial charge in [-0.1, -0.05) is 19.3 Å². The number of carbonyl (C=O) groups is 6. The highest BCUT2D eigenvalue weighted by Gasteiger charge is 2.20. The molecule has 1 aromatic rings. The van der Waals surface area contributed by atoms with E-state index in [1.807, 2.05) is 0 Å². The average Bonchev–Trinajstić information content (AvgIpc) is 3.06. The van der Waals surface area contributed by atoms with Gasteiger partial charge in [0.2, 0.25) is 17.7 Å². The summed E-state index contributed by atoms with van der Waals surface area (Å²) in [4.78, 5) is 68.5. The first kappa shape index (κ1) is 41.9. The topological polar surface area (TPSA) is 225 Å². The van der Waals surface area contributed by atoms with Crippen LogP contribution in [-0.2, 0) is 42.9 Å². The van der Waals surface area contributed by atoms with Gasteiger partial charge in [-0.2, -0.15) is 0 Å². The van der Waals surface area contributed by atoms with Gasteiger partial charge in [-0.3, -0.25) is 14.4 Å². The van der Waals surface area contributed by atoms with Crippen LogP contribution < -0.4 is 20.7 Å². The van der Waals surface area contributed by atoms with Gasteiger partial charge in [0, 0.05) is 25.9 Å². The minimum Gasteiger partial charge on any atom is -0.494 e. The molecule has 270 valence electrons. The lowest BCUT2D eigenvalue weighted by atomic mass is 10.1. The lowest BCUT2D eigenvalue weighted by Gasteiger charge is -2.14. The van der Waals surface area contributed by atoms with E-state index in [1.54, 1.807) is 12.1 Å². The van der Waals surface area contributed by atoms with E-state index in [4.69, 9.17) is 28.8 Å². The quantitative estimate of drug-likeness (QED) is 0.0544. The molecule has 0 bridgehead atoms. The second-order valence-corrected chi connectivity index (χ2v) is 10.4. The lowest BCUT2D eigenvalue weighted by Crippen LogP contribution is -2.41. The van der Waals surface area contributed by atoms with E-state index in [9.17, 15) is 33.9 Å². The van der Waals surface area contributed by atoms with Crippen molar-refractivity contribution in [3.63, 3.8) is 0 Å². The number of nitrogens with one attached hydrogen (secondary N) is 3. The first-order valence-electron chi connectivity index (χ1n) is 16.0. The summed E-state index contributed by atoms with van der Waals surface area (Å²) >= 11 is 0. The number of hydrogen-bond acceptors (Lipinski definition) is 11. The number of unbranched alkanes of at least 4 members (excludes halogenated alkanes) is 4. The highest BCUT2D eigenvalue weighted by atomic mass is 16.5. The SMILES string of the molecule is O=CCOCCOCCNC(=O)COCCOCCNC(=O)CC[C@H](NC(=O)CCCCCCCOc1ccc(C(=O)O)cc1)C(=O)O. The van der Waals surface area contributed by atoms with Crippen LogP contribution in [0.25, 0.3) is 0 Å². The van der Waals surface area contributed by atoms with Gasteiger partial charge < -0.3 is 54.6 Å². The Labute approximate surface area is 280 Å². The van der Waals surface area contributed by atoms with Crippen molar-refractivity contribution in [2.24, 2.45) is 0 Å². The van der Waals surface area contributed by atoms with Gasteiger partial charge in [0.1, 0.15) is 31.3 Å². The molecule has 1 rings (SSSR count). The number of aldehydes is 1. The molecule has 0 aliphatic carbocycles. The van der Waals surface area contributed by atoms with E-state index < -0.39 is 18.0 Å². The minimum absolute atomic E-state index is 0.0229. The molecule has 0 unspecified atom stereocenters. The van der Waals surface area contributed by atoms with Crippen LogP contribution in [0.5, 0.6) is 5.75 Å². The number of aromatic carboxylic acids is 1. The van der Waals surface area contributed by atoms with Crippen molar-refractivity contribution in [2.75, 3.05) is 72.6 Å². The number of carboxylic acid groups (broad SMARTS) is 2. The second-order valence-electron chi connectivity index (χ2n) is 10.4. The molecule has 3 amide bonds. The zero-order valence-electron chi connectivity index (χ0n) is 27.3. The Morgan fingerprint density at radius 1 is 0.667 bits per heavy atom. The second kappa shape index (κ2) is 27.9. The average molecular weight is 684 g/mol. The Kier molecular flexibility index (Phi) is 24.4. The molecule has 0 radical (unpaired) electrons.